The van der Waals surface area contributed by atoms with Crippen molar-refractivity contribution in [3.8, 4) is 0 Å². The van der Waals surface area contributed by atoms with Crippen molar-refractivity contribution in [1.29, 1.82) is 0 Å². The molecule has 0 saturated heterocycles. The maximum absolute atomic E-state index is 13.0. The van der Waals surface area contributed by atoms with Gasteiger partial charge in [-0.2, -0.15) is 0 Å². The number of aliphatic hydroxyl groups is 1. The van der Waals surface area contributed by atoms with Crippen LogP contribution in [0.25, 0.3) is 0 Å². The van der Waals surface area contributed by atoms with Crippen LogP contribution in [0.4, 0.5) is 0 Å². The Kier molecular flexibility index (Phi) is 55.8. The number of rotatable bonds is 62. The maximum Gasteiger partial charge on any atom is 0.472 e. The number of amides is 1. The third-order valence-electron chi connectivity index (χ3n) is 15.6. The molecule has 0 fully saturated rings. The van der Waals surface area contributed by atoms with Crippen LogP contribution in [-0.4, -0.2) is 73.4 Å². The van der Waals surface area contributed by atoms with Gasteiger partial charge in [0.2, 0.25) is 5.91 Å². The zero-order valence-electron chi connectivity index (χ0n) is 50.2. The van der Waals surface area contributed by atoms with Crippen LogP contribution in [0.2, 0.25) is 0 Å². The predicted octanol–water partition coefficient (Wildman–Crippen LogP) is 20.4. The summed E-state index contributed by atoms with van der Waals surface area (Å²) in [6.45, 7) is 4.96. The van der Waals surface area contributed by atoms with Crippen molar-refractivity contribution >= 4 is 13.7 Å². The molecule has 3 N–H and O–H groups in total. The summed E-state index contributed by atoms with van der Waals surface area (Å²) in [6.07, 6.45) is 69.0. The topological polar surface area (TPSA) is 105 Å². The molecule has 0 aliphatic carbocycles. The molecule has 8 nitrogen and oxygen atoms in total. The minimum absolute atomic E-state index is 0.0794. The fourth-order valence-electron chi connectivity index (χ4n) is 10.5. The van der Waals surface area contributed by atoms with Gasteiger partial charge in [-0.15, -0.1) is 0 Å². The summed E-state index contributed by atoms with van der Waals surface area (Å²) < 4.78 is 23.9. The SMILES string of the molecule is CCCCCCCCCCCCCCCCCCCCCCCCCCCCCCCC(O)C(COP(=O)(O)OCC[N+](C)(C)C)NC(=O)CCCCCCCCCCCCCCCCCCCCCCCC. The Bertz CT molecular complexity index is 1150. The van der Waals surface area contributed by atoms with E-state index in [2.05, 4.69) is 19.2 Å². The van der Waals surface area contributed by atoms with E-state index in [1.54, 1.807) is 0 Å². The van der Waals surface area contributed by atoms with E-state index >= 15 is 0 Å². The van der Waals surface area contributed by atoms with Crippen molar-refractivity contribution < 1.29 is 32.9 Å². The third kappa shape index (κ3) is 59.0. The molecule has 3 atom stereocenters. The summed E-state index contributed by atoms with van der Waals surface area (Å²) in [5.74, 6) is -0.134. The minimum Gasteiger partial charge on any atom is -0.391 e. The Labute approximate surface area is 457 Å². The van der Waals surface area contributed by atoms with Gasteiger partial charge >= 0.3 is 7.82 Å². The average molecular weight is 1060 g/mol. The predicted molar refractivity (Wildman–Crippen MR) is 319 cm³/mol. The lowest BCUT2D eigenvalue weighted by atomic mass is 10.0. The molecule has 9 heteroatoms. The molecule has 0 aromatic carbocycles. The van der Waals surface area contributed by atoms with Gasteiger partial charge in [0.05, 0.1) is 39.9 Å². The molecule has 438 valence electrons. The highest BCUT2D eigenvalue weighted by molar-refractivity contribution is 7.47. The highest BCUT2D eigenvalue weighted by Crippen LogP contribution is 2.43. The Morgan fingerprint density at radius 2 is 0.658 bits per heavy atom. The number of carbonyl (C=O) groups excluding carboxylic acids is 1. The lowest BCUT2D eigenvalue weighted by molar-refractivity contribution is -0.870. The molecule has 73 heavy (non-hydrogen) atoms. The van der Waals surface area contributed by atoms with Crippen molar-refractivity contribution in [3.05, 3.63) is 0 Å². The van der Waals surface area contributed by atoms with E-state index in [0.29, 0.717) is 23.9 Å². The molecule has 0 aliphatic rings. The Hall–Kier alpha value is -0.500. The van der Waals surface area contributed by atoms with E-state index in [4.69, 9.17) is 9.05 Å². The second-order valence-corrected chi connectivity index (χ2v) is 25.7. The molecule has 0 spiro atoms. The van der Waals surface area contributed by atoms with Gasteiger partial charge in [0.25, 0.3) is 0 Å². The number of phosphoric acid groups is 1. The number of phosphoric ester groups is 1. The lowest BCUT2D eigenvalue weighted by Gasteiger charge is -2.26. The van der Waals surface area contributed by atoms with Gasteiger partial charge in [0.15, 0.2) is 0 Å². The molecule has 0 aromatic heterocycles. The number of hydrogen-bond donors (Lipinski definition) is 3. The Morgan fingerprint density at radius 1 is 0.411 bits per heavy atom. The van der Waals surface area contributed by atoms with E-state index in [0.717, 1.165) is 38.5 Å². The van der Waals surface area contributed by atoms with Gasteiger partial charge in [0, 0.05) is 6.42 Å². The number of nitrogens with zero attached hydrogens (tertiary/aromatic N) is 1. The van der Waals surface area contributed by atoms with Crippen LogP contribution in [0.1, 0.15) is 354 Å². The maximum atomic E-state index is 13.0. The summed E-state index contributed by atoms with van der Waals surface area (Å²) >= 11 is 0. The van der Waals surface area contributed by atoms with Crippen LogP contribution in [-0.2, 0) is 18.4 Å². The summed E-state index contributed by atoms with van der Waals surface area (Å²) in [4.78, 5) is 23.4. The van der Waals surface area contributed by atoms with Gasteiger partial charge in [-0.1, -0.05) is 335 Å². The first-order valence-corrected chi connectivity index (χ1v) is 34.4. The standard InChI is InChI=1S/C64H131N2O6P/c1-6-8-10-12-14-16-18-20-22-24-26-28-30-31-32-33-34-35-36-37-39-41-43-45-47-49-51-53-55-57-63(67)62(61-72-73(69,70)71-60-59-66(3,4)5)65-64(68)58-56-54-52-50-48-46-44-42-40-38-29-27-25-23-21-19-17-15-13-11-9-7-2/h62-63,67H,6-61H2,1-5H3,(H-,65,68,69,70)/p+1. The lowest BCUT2D eigenvalue weighted by Crippen LogP contribution is -2.46. The van der Waals surface area contributed by atoms with Crippen molar-refractivity contribution in [1.82, 2.24) is 5.32 Å². The smallest absolute Gasteiger partial charge is 0.391 e. The van der Waals surface area contributed by atoms with Crippen LogP contribution in [0.15, 0.2) is 0 Å². The number of hydrogen-bond acceptors (Lipinski definition) is 5. The summed E-state index contributed by atoms with van der Waals surface area (Å²) in [6, 6.07) is -0.756. The molecule has 0 heterocycles. The van der Waals surface area contributed by atoms with E-state index < -0.39 is 20.0 Å². The number of unbranched alkanes of at least 4 members (excludes halogenated alkanes) is 49. The average Bonchev–Trinajstić information content (AvgIpc) is 3.35. The highest BCUT2D eigenvalue weighted by atomic mass is 31.2. The summed E-state index contributed by atoms with van der Waals surface area (Å²) in [5.41, 5.74) is 0. The zero-order valence-corrected chi connectivity index (χ0v) is 51.1. The van der Waals surface area contributed by atoms with Crippen molar-refractivity contribution in [2.24, 2.45) is 0 Å². The molecular formula is C64H132N2O6P+. The second kappa shape index (κ2) is 56.2. The molecule has 1 amide bonds. The molecule has 0 radical (unpaired) electrons. The van der Waals surface area contributed by atoms with Crippen LogP contribution in [0.3, 0.4) is 0 Å². The van der Waals surface area contributed by atoms with Gasteiger partial charge in [-0.05, 0) is 12.8 Å². The fourth-order valence-corrected chi connectivity index (χ4v) is 11.2. The van der Waals surface area contributed by atoms with Gasteiger partial charge in [-0.3, -0.25) is 13.8 Å². The minimum atomic E-state index is -4.32. The van der Waals surface area contributed by atoms with Crippen molar-refractivity contribution in [3.63, 3.8) is 0 Å². The van der Waals surface area contributed by atoms with E-state index in [9.17, 15) is 19.4 Å². The number of quaternary nitrogens is 1. The van der Waals surface area contributed by atoms with Crippen molar-refractivity contribution in [2.45, 2.75) is 366 Å². The zero-order chi connectivity index (χ0) is 53.5. The number of nitrogens with one attached hydrogen (secondary N) is 1. The van der Waals surface area contributed by atoms with E-state index in [1.807, 2.05) is 21.1 Å². The van der Waals surface area contributed by atoms with Crippen LogP contribution in [0, 0.1) is 0 Å². The van der Waals surface area contributed by atoms with Gasteiger partial charge < -0.3 is 19.8 Å². The first-order chi connectivity index (χ1) is 35.5. The van der Waals surface area contributed by atoms with Gasteiger partial charge in [0.1, 0.15) is 13.2 Å². The Balaban J connectivity index is 4.02. The van der Waals surface area contributed by atoms with Crippen LogP contribution < -0.4 is 5.32 Å². The quantitative estimate of drug-likeness (QED) is 0.0318. The van der Waals surface area contributed by atoms with Crippen LogP contribution >= 0.6 is 7.82 Å². The van der Waals surface area contributed by atoms with Crippen molar-refractivity contribution in [2.75, 3.05) is 40.9 Å². The molecule has 0 bridgehead atoms. The second-order valence-electron chi connectivity index (χ2n) is 24.2. The first kappa shape index (κ1) is 72.5. The highest BCUT2D eigenvalue weighted by Gasteiger charge is 2.28. The van der Waals surface area contributed by atoms with Gasteiger partial charge in [-0.25, -0.2) is 4.57 Å². The Morgan fingerprint density at radius 3 is 0.918 bits per heavy atom. The molecule has 0 saturated carbocycles. The molecule has 0 rings (SSSR count). The number of carbonyl (C=O) groups is 1. The number of aliphatic hydroxyl groups excluding tert-OH is 1. The number of likely N-dealkylation sites (N-methyl/N-ethyl adjacent to an activating group) is 1. The fraction of sp³-hybridized carbons (Fsp3) is 0.984. The van der Waals surface area contributed by atoms with Crippen LogP contribution in [0.5, 0.6) is 0 Å². The molecular weight excluding hydrogens is 924 g/mol. The first-order valence-electron chi connectivity index (χ1n) is 32.9. The summed E-state index contributed by atoms with van der Waals surface area (Å²) in [5, 5.41) is 14.1. The molecule has 0 aliphatic heterocycles. The van der Waals surface area contributed by atoms with E-state index in [1.165, 1.54) is 289 Å². The molecule has 3 unspecified atom stereocenters. The van der Waals surface area contributed by atoms with E-state index in [-0.39, 0.29) is 19.1 Å². The summed E-state index contributed by atoms with van der Waals surface area (Å²) in [7, 11) is 1.64. The monoisotopic (exact) mass is 1060 g/mol. The normalized spacial score (nSPS) is 13.7. The largest absolute Gasteiger partial charge is 0.472 e. The molecule has 0 aromatic rings. The third-order valence-corrected chi connectivity index (χ3v) is 16.6.